The molecule has 0 radical (unpaired) electrons. The molecule has 1 heterocycles. The minimum atomic E-state index is -0.970. The number of benzodiazepines with no additional fused rings is 1. The number of rotatable bonds is 3. The van der Waals surface area contributed by atoms with Crippen molar-refractivity contribution in [3.05, 3.63) is 114 Å². The Hall–Kier alpha value is -4.58. The van der Waals surface area contributed by atoms with Crippen molar-refractivity contribution in [2.75, 3.05) is 4.90 Å². The number of aliphatic imine (C=N–C) groups is 1. The molecule has 166 valence electrons. The van der Waals surface area contributed by atoms with Crippen molar-refractivity contribution in [3.8, 4) is 0 Å². The van der Waals surface area contributed by atoms with Gasteiger partial charge in [-0.05, 0) is 35.9 Å². The van der Waals surface area contributed by atoms with Gasteiger partial charge in [0.1, 0.15) is 5.84 Å². The van der Waals surface area contributed by atoms with E-state index in [9.17, 15) is 4.79 Å². The van der Waals surface area contributed by atoms with Crippen molar-refractivity contribution < 1.29 is 4.79 Å². The second-order valence-corrected chi connectivity index (χ2v) is 8.10. The summed E-state index contributed by atoms with van der Waals surface area (Å²) in [7, 11) is 0. The first-order chi connectivity index (χ1) is 16.5. The highest BCUT2D eigenvalue weighted by atomic mass is 16.1. The Balaban J connectivity index is 1.59. The highest BCUT2D eigenvalue weighted by molar-refractivity contribution is 6.27. The molecule has 6 nitrogen and oxygen atoms in total. The molecule has 1 amide bonds. The second kappa shape index (κ2) is 8.75. The van der Waals surface area contributed by atoms with E-state index in [0.717, 1.165) is 21.9 Å². The van der Waals surface area contributed by atoms with E-state index in [2.05, 4.69) is 5.32 Å². The van der Waals surface area contributed by atoms with Crippen LogP contribution in [0.15, 0.2) is 102 Å². The smallest absolute Gasteiger partial charge is 0.253 e. The van der Waals surface area contributed by atoms with E-state index in [-0.39, 0.29) is 17.6 Å². The Kier molecular flexibility index (Phi) is 5.47. The maximum absolute atomic E-state index is 13.3. The van der Waals surface area contributed by atoms with Gasteiger partial charge >= 0.3 is 0 Å². The van der Waals surface area contributed by atoms with E-state index in [4.69, 9.17) is 15.8 Å². The number of amidine groups is 2. The fourth-order valence-electron chi connectivity index (χ4n) is 4.21. The number of anilines is 1. The van der Waals surface area contributed by atoms with Gasteiger partial charge < -0.3 is 5.32 Å². The molecule has 4 aromatic rings. The number of carbonyl (C=O) groups is 1. The second-order valence-electron chi connectivity index (χ2n) is 8.10. The van der Waals surface area contributed by atoms with Crippen LogP contribution in [0.3, 0.4) is 0 Å². The average molecular weight is 446 g/mol. The average Bonchev–Trinajstić information content (AvgIpc) is 2.98. The number of amides is 1. The zero-order valence-corrected chi connectivity index (χ0v) is 18.6. The van der Waals surface area contributed by atoms with Crippen LogP contribution < -0.4 is 10.2 Å². The van der Waals surface area contributed by atoms with Gasteiger partial charge in [0.25, 0.3) is 5.91 Å². The number of hydrogen-bond donors (Lipinski definition) is 3. The van der Waals surface area contributed by atoms with Gasteiger partial charge in [-0.15, -0.1) is 0 Å². The molecular formula is C28H23N5O. The van der Waals surface area contributed by atoms with Gasteiger partial charge in [-0.2, -0.15) is 0 Å². The first kappa shape index (κ1) is 21.3. The summed E-state index contributed by atoms with van der Waals surface area (Å²) in [6.07, 6.45) is -0.970. The maximum Gasteiger partial charge on any atom is 0.253 e. The highest BCUT2D eigenvalue weighted by Crippen LogP contribution is 2.28. The molecule has 1 aliphatic rings. The predicted molar refractivity (Wildman–Crippen MR) is 137 cm³/mol. The van der Waals surface area contributed by atoms with Crippen molar-refractivity contribution in [3.63, 3.8) is 0 Å². The standard InChI is InChI=1S/C28H23N5O/c1-18(29)33-24-14-8-7-13-23(24)25(20-10-3-2-4-11-20)31-27(26(33)30)32-28(34)22-16-15-19-9-5-6-12-21(19)17-22/h2-17,27,29-30H,1H3,(H,32,34). The monoisotopic (exact) mass is 445 g/mol. The Morgan fingerprint density at radius 2 is 1.56 bits per heavy atom. The minimum absolute atomic E-state index is 0.0139. The Bertz CT molecular complexity index is 1460. The molecule has 6 heteroatoms. The number of fused-ring (bicyclic) bond motifs is 2. The van der Waals surface area contributed by atoms with E-state index >= 15 is 0 Å². The van der Waals surface area contributed by atoms with Gasteiger partial charge in [0.2, 0.25) is 0 Å². The van der Waals surface area contributed by atoms with Crippen LogP contribution in [0, 0.1) is 10.8 Å². The van der Waals surface area contributed by atoms with Crippen LogP contribution in [0.2, 0.25) is 0 Å². The van der Waals surface area contributed by atoms with E-state index in [0.29, 0.717) is 17.0 Å². The van der Waals surface area contributed by atoms with Crippen LogP contribution in [0.5, 0.6) is 0 Å². The van der Waals surface area contributed by atoms with E-state index in [1.807, 2.05) is 91.0 Å². The maximum atomic E-state index is 13.3. The topological polar surface area (TPSA) is 92.4 Å². The highest BCUT2D eigenvalue weighted by Gasteiger charge is 2.31. The Labute approximate surface area is 197 Å². The number of carbonyl (C=O) groups excluding carboxylic acids is 1. The van der Waals surface area contributed by atoms with Crippen LogP contribution in [-0.2, 0) is 0 Å². The first-order valence-electron chi connectivity index (χ1n) is 11.0. The summed E-state index contributed by atoms with van der Waals surface area (Å²) in [5.41, 5.74) is 3.51. The van der Waals surface area contributed by atoms with Crippen LogP contribution in [-0.4, -0.2) is 29.5 Å². The van der Waals surface area contributed by atoms with Crippen molar-refractivity contribution in [1.82, 2.24) is 5.32 Å². The number of hydrogen-bond acceptors (Lipinski definition) is 4. The third-order valence-electron chi connectivity index (χ3n) is 5.82. The lowest BCUT2D eigenvalue weighted by Crippen LogP contribution is -2.48. The summed E-state index contributed by atoms with van der Waals surface area (Å²) in [6.45, 7) is 1.63. The summed E-state index contributed by atoms with van der Waals surface area (Å²) < 4.78 is 0. The first-order valence-corrected chi connectivity index (χ1v) is 11.0. The SMILES string of the molecule is CC(=N)N1C(=N)C(NC(=O)c2ccc3ccccc3c2)N=C(c2ccccc2)c2ccccc21. The van der Waals surface area contributed by atoms with Crippen LogP contribution >= 0.6 is 0 Å². The molecule has 1 unspecified atom stereocenters. The fraction of sp³-hybridized carbons (Fsp3) is 0.0714. The van der Waals surface area contributed by atoms with Gasteiger partial charge in [0.05, 0.1) is 11.4 Å². The molecule has 0 spiro atoms. The van der Waals surface area contributed by atoms with Gasteiger partial charge in [-0.1, -0.05) is 78.9 Å². The molecule has 0 saturated heterocycles. The molecule has 4 aromatic carbocycles. The van der Waals surface area contributed by atoms with Gasteiger partial charge in [0, 0.05) is 16.7 Å². The molecule has 1 aliphatic heterocycles. The number of nitrogens with zero attached hydrogens (tertiary/aromatic N) is 2. The van der Waals surface area contributed by atoms with E-state index in [1.165, 1.54) is 4.90 Å². The molecule has 0 saturated carbocycles. The quantitative estimate of drug-likeness (QED) is 0.298. The molecular weight excluding hydrogens is 422 g/mol. The molecule has 0 bridgehead atoms. The van der Waals surface area contributed by atoms with Crippen molar-refractivity contribution in [1.29, 1.82) is 10.8 Å². The van der Waals surface area contributed by atoms with Crippen LogP contribution in [0.4, 0.5) is 5.69 Å². The lowest BCUT2D eigenvalue weighted by Gasteiger charge is -2.26. The predicted octanol–water partition coefficient (Wildman–Crippen LogP) is 5.23. The third-order valence-corrected chi connectivity index (χ3v) is 5.82. The largest absolute Gasteiger partial charge is 0.324 e. The van der Waals surface area contributed by atoms with Gasteiger partial charge in [0.15, 0.2) is 12.0 Å². The van der Waals surface area contributed by atoms with Crippen LogP contribution in [0.1, 0.15) is 28.4 Å². The molecule has 0 aliphatic carbocycles. The molecule has 0 aromatic heterocycles. The normalized spacial score (nSPS) is 15.3. The summed E-state index contributed by atoms with van der Waals surface area (Å²) >= 11 is 0. The summed E-state index contributed by atoms with van der Waals surface area (Å²) in [4.78, 5) is 19.6. The zero-order chi connectivity index (χ0) is 23.7. The third kappa shape index (κ3) is 3.86. The minimum Gasteiger partial charge on any atom is -0.324 e. The van der Waals surface area contributed by atoms with Gasteiger partial charge in [-0.3, -0.25) is 25.5 Å². The molecule has 3 N–H and O–H groups in total. The zero-order valence-electron chi connectivity index (χ0n) is 18.6. The molecule has 34 heavy (non-hydrogen) atoms. The van der Waals surface area contributed by atoms with E-state index in [1.54, 1.807) is 13.0 Å². The van der Waals surface area contributed by atoms with Crippen LogP contribution in [0.25, 0.3) is 10.8 Å². The lowest BCUT2D eigenvalue weighted by atomic mass is 10.0. The van der Waals surface area contributed by atoms with E-state index < -0.39 is 6.17 Å². The van der Waals surface area contributed by atoms with Crippen molar-refractivity contribution in [2.45, 2.75) is 13.1 Å². The number of para-hydroxylation sites is 1. The van der Waals surface area contributed by atoms with Gasteiger partial charge in [-0.25, -0.2) is 0 Å². The summed E-state index contributed by atoms with van der Waals surface area (Å²) in [5, 5.41) is 22.2. The molecule has 1 atom stereocenters. The molecule has 0 fully saturated rings. The summed E-state index contributed by atoms with van der Waals surface area (Å²) in [6, 6.07) is 30.6. The van der Waals surface area contributed by atoms with Crippen molar-refractivity contribution >= 4 is 39.7 Å². The lowest BCUT2D eigenvalue weighted by molar-refractivity contribution is 0.0948. The fourth-order valence-corrected chi connectivity index (χ4v) is 4.21. The molecule has 5 rings (SSSR count). The summed E-state index contributed by atoms with van der Waals surface area (Å²) in [5.74, 6) is -0.142. The Morgan fingerprint density at radius 1 is 0.882 bits per heavy atom. The van der Waals surface area contributed by atoms with Crippen molar-refractivity contribution in [2.24, 2.45) is 4.99 Å². The Morgan fingerprint density at radius 3 is 2.32 bits per heavy atom. The number of benzene rings is 4. The number of nitrogens with one attached hydrogen (secondary N) is 3.